The Bertz CT molecular complexity index is 942. The van der Waals surface area contributed by atoms with Gasteiger partial charge in [0.25, 0.3) is 5.91 Å². The molecule has 0 saturated heterocycles. The van der Waals surface area contributed by atoms with Crippen molar-refractivity contribution >= 4 is 29.1 Å². The van der Waals surface area contributed by atoms with E-state index in [2.05, 4.69) is 16.0 Å². The largest absolute Gasteiger partial charge is 0.416 e. The summed E-state index contributed by atoms with van der Waals surface area (Å²) in [4.78, 5) is 36.2. The van der Waals surface area contributed by atoms with E-state index in [-0.39, 0.29) is 23.1 Å². The second-order valence-electron chi connectivity index (χ2n) is 7.02. The Morgan fingerprint density at radius 2 is 1.50 bits per heavy atom. The van der Waals surface area contributed by atoms with Crippen LogP contribution in [-0.2, 0) is 15.8 Å². The number of rotatable bonds is 6. The van der Waals surface area contributed by atoms with Gasteiger partial charge in [0, 0.05) is 23.9 Å². The predicted molar refractivity (Wildman–Crippen MR) is 107 cm³/mol. The SMILES string of the molecule is CC(=O)NC(C(=O)Nc1cccc(C(=O)Nc2cccc(C(F)(F)F)c2)c1)C(C)C. The zero-order valence-corrected chi connectivity index (χ0v) is 16.6. The number of alkyl halides is 3. The van der Waals surface area contributed by atoms with Gasteiger partial charge in [0.1, 0.15) is 6.04 Å². The van der Waals surface area contributed by atoms with E-state index in [1.54, 1.807) is 19.9 Å². The minimum absolute atomic E-state index is 0.00482. The summed E-state index contributed by atoms with van der Waals surface area (Å²) in [6.45, 7) is 4.86. The molecule has 0 aliphatic rings. The van der Waals surface area contributed by atoms with E-state index < -0.39 is 29.6 Å². The fourth-order valence-corrected chi connectivity index (χ4v) is 2.69. The quantitative estimate of drug-likeness (QED) is 0.658. The fourth-order valence-electron chi connectivity index (χ4n) is 2.69. The Morgan fingerprint density at radius 1 is 0.900 bits per heavy atom. The van der Waals surface area contributed by atoms with Gasteiger partial charge in [0.15, 0.2) is 0 Å². The van der Waals surface area contributed by atoms with E-state index in [1.165, 1.54) is 37.3 Å². The molecule has 0 fully saturated rings. The first kappa shape index (κ1) is 22.9. The molecule has 9 heteroatoms. The molecule has 30 heavy (non-hydrogen) atoms. The first-order valence-electron chi connectivity index (χ1n) is 9.14. The van der Waals surface area contributed by atoms with Crippen LogP contribution in [0.25, 0.3) is 0 Å². The first-order valence-corrected chi connectivity index (χ1v) is 9.14. The number of halogens is 3. The van der Waals surface area contributed by atoms with Gasteiger partial charge in [-0.15, -0.1) is 0 Å². The summed E-state index contributed by atoms with van der Waals surface area (Å²) in [5.41, 5.74) is -0.424. The van der Waals surface area contributed by atoms with E-state index in [0.717, 1.165) is 12.1 Å². The highest BCUT2D eigenvalue weighted by molar-refractivity contribution is 6.05. The number of hydrogen-bond donors (Lipinski definition) is 3. The van der Waals surface area contributed by atoms with Crippen molar-refractivity contribution in [2.45, 2.75) is 33.0 Å². The van der Waals surface area contributed by atoms with Gasteiger partial charge in [0.05, 0.1) is 5.56 Å². The molecule has 0 spiro atoms. The van der Waals surface area contributed by atoms with Crippen molar-refractivity contribution in [1.29, 1.82) is 0 Å². The number of nitrogens with one attached hydrogen (secondary N) is 3. The molecule has 2 rings (SSSR count). The summed E-state index contributed by atoms with van der Waals surface area (Å²) in [6, 6.07) is 9.48. The summed E-state index contributed by atoms with van der Waals surface area (Å²) in [5, 5.41) is 7.61. The van der Waals surface area contributed by atoms with Gasteiger partial charge in [-0.05, 0) is 42.3 Å². The van der Waals surface area contributed by atoms with Crippen molar-refractivity contribution in [3.63, 3.8) is 0 Å². The normalized spacial score (nSPS) is 12.2. The number of carbonyl (C=O) groups excluding carboxylic acids is 3. The van der Waals surface area contributed by atoms with Crippen molar-refractivity contribution in [3.8, 4) is 0 Å². The number of hydrogen-bond acceptors (Lipinski definition) is 3. The summed E-state index contributed by atoms with van der Waals surface area (Å²) in [5.74, 6) is -1.59. The van der Waals surface area contributed by atoms with Crippen molar-refractivity contribution in [2.24, 2.45) is 5.92 Å². The average molecular weight is 421 g/mol. The summed E-state index contributed by atoms with van der Waals surface area (Å²) in [6.07, 6.45) is -4.52. The molecule has 0 aliphatic heterocycles. The van der Waals surface area contributed by atoms with Crippen LogP contribution >= 0.6 is 0 Å². The third-order valence-corrected chi connectivity index (χ3v) is 4.15. The van der Waals surface area contributed by atoms with Gasteiger partial charge >= 0.3 is 6.18 Å². The van der Waals surface area contributed by atoms with Crippen LogP contribution in [0.2, 0.25) is 0 Å². The molecule has 0 saturated carbocycles. The third kappa shape index (κ3) is 6.33. The Morgan fingerprint density at radius 3 is 2.07 bits per heavy atom. The Hall–Kier alpha value is -3.36. The molecule has 0 aromatic heterocycles. The van der Waals surface area contributed by atoms with Gasteiger partial charge < -0.3 is 16.0 Å². The molecule has 2 aromatic rings. The first-order chi connectivity index (χ1) is 14.0. The van der Waals surface area contributed by atoms with E-state index >= 15 is 0 Å². The molecule has 0 heterocycles. The molecule has 2 aromatic carbocycles. The third-order valence-electron chi connectivity index (χ3n) is 4.15. The molecule has 160 valence electrons. The maximum atomic E-state index is 12.8. The maximum Gasteiger partial charge on any atom is 0.416 e. The van der Waals surface area contributed by atoms with Gasteiger partial charge in [0.2, 0.25) is 11.8 Å². The molecule has 3 amide bonds. The van der Waals surface area contributed by atoms with Crippen molar-refractivity contribution in [3.05, 3.63) is 59.7 Å². The fraction of sp³-hybridized carbons (Fsp3) is 0.286. The molecular weight excluding hydrogens is 399 g/mol. The predicted octanol–water partition coefficient (Wildman–Crippen LogP) is 4.06. The van der Waals surface area contributed by atoms with Crippen LogP contribution in [0.3, 0.4) is 0 Å². The van der Waals surface area contributed by atoms with Crippen LogP contribution in [0.1, 0.15) is 36.7 Å². The summed E-state index contributed by atoms with van der Waals surface area (Å²) in [7, 11) is 0. The second-order valence-corrected chi connectivity index (χ2v) is 7.02. The highest BCUT2D eigenvalue weighted by atomic mass is 19.4. The summed E-state index contributed by atoms with van der Waals surface area (Å²) >= 11 is 0. The number of benzene rings is 2. The van der Waals surface area contributed by atoms with Crippen LogP contribution < -0.4 is 16.0 Å². The highest BCUT2D eigenvalue weighted by Gasteiger charge is 2.30. The Balaban J connectivity index is 2.14. The van der Waals surface area contributed by atoms with Gasteiger partial charge in [-0.25, -0.2) is 0 Å². The molecule has 0 radical (unpaired) electrons. The van der Waals surface area contributed by atoms with E-state index in [4.69, 9.17) is 0 Å². The Labute approximate surface area is 171 Å². The monoisotopic (exact) mass is 421 g/mol. The number of amides is 3. The van der Waals surface area contributed by atoms with Crippen LogP contribution in [-0.4, -0.2) is 23.8 Å². The second kappa shape index (κ2) is 9.43. The van der Waals surface area contributed by atoms with Crippen LogP contribution in [0.15, 0.2) is 48.5 Å². The zero-order chi connectivity index (χ0) is 22.5. The Kier molecular flexibility index (Phi) is 7.20. The van der Waals surface area contributed by atoms with Crippen molar-refractivity contribution in [1.82, 2.24) is 5.32 Å². The van der Waals surface area contributed by atoms with E-state index in [1.807, 2.05) is 0 Å². The average Bonchev–Trinajstić information content (AvgIpc) is 2.65. The standard InChI is InChI=1S/C21H22F3N3O3/c1-12(2)18(25-13(3)28)20(30)27-16-8-4-6-14(10-16)19(29)26-17-9-5-7-15(11-17)21(22,23)24/h4-12,18H,1-3H3,(H,25,28)(H,26,29)(H,27,30). The van der Waals surface area contributed by atoms with Crippen molar-refractivity contribution < 1.29 is 27.6 Å². The van der Waals surface area contributed by atoms with Crippen LogP contribution in [0, 0.1) is 5.92 Å². The van der Waals surface area contributed by atoms with Gasteiger partial charge in [-0.3, -0.25) is 14.4 Å². The molecule has 3 N–H and O–H groups in total. The minimum Gasteiger partial charge on any atom is -0.344 e. The molecule has 0 aliphatic carbocycles. The zero-order valence-electron chi connectivity index (χ0n) is 16.6. The molecular formula is C21H22F3N3O3. The van der Waals surface area contributed by atoms with E-state index in [9.17, 15) is 27.6 Å². The lowest BCUT2D eigenvalue weighted by atomic mass is 10.0. The molecule has 1 atom stereocenters. The lowest BCUT2D eigenvalue weighted by Crippen LogP contribution is -2.46. The topological polar surface area (TPSA) is 87.3 Å². The van der Waals surface area contributed by atoms with Gasteiger partial charge in [-0.2, -0.15) is 13.2 Å². The number of carbonyl (C=O) groups is 3. The van der Waals surface area contributed by atoms with Gasteiger partial charge in [-0.1, -0.05) is 26.0 Å². The summed E-state index contributed by atoms with van der Waals surface area (Å²) < 4.78 is 38.5. The molecule has 0 bridgehead atoms. The highest BCUT2D eigenvalue weighted by Crippen LogP contribution is 2.30. The number of anilines is 2. The van der Waals surface area contributed by atoms with Crippen LogP contribution in [0.4, 0.5) is 24.5 Å². The molecule has 6 nitrogen and oxygen atoms in total. The van der Waals surface area contributed by atoms with Crippen LogP contribution in [0.5, 0.6) is 0 Å². The van der Waals surface area contributed by atoms with Crippen molar-refractivity contribution in [2.75, 3.05) is 10.6 Å². The molecule has 1 unspecified atom stereocenters. The maximum absolute atomic E-state index is 12.8. The lowest BCUT2D eigenvalue weighted by Gasteiger charge is -2.21. The lowest BCUT2D eigenvalue weighted by molar-refractivity contribution is -0.137. The van der Waals surface area contributed by atoms with E-state index in [0.29, 0.717) is 5.69 Å². The minimum atomic E-state index is -4.52. The smallest absolute Gasteiger partial charge is 0.344 e.